The molecule has 9 heteroatoms. The minimum Gasteiger partial charge on any atom is -0.741 e. The second kappa shape index (κ2) is 8.49. The van der Waals surface area contributed by atoms with E-state index in [2.05, 4.69) is 36.4 Å². The molecular weight excluding hydrogens is 389 g/mol. The van der Waals surface area contributed by atoms with E-state index in [4.69, 9.17) is 17.7 Å². The Morgan fingerprint density at radius 1 is 1.08 bits per heavy atom. The van der Waals surface area contributed by atoms with Gasteiger partial charge in [0.25, 0.3) is 0 Å². The summed E-state index contributed by atoms with van der Waals surface area (Å²) in [7, 11) is -5.62. The Morgan fingerprint density at radius 2 is 1.62 bits per heavy atom. The van der Waals surface area contributed by atoms with Crippen LogP contribution in [-0.2, 0) is 21.0 Å². The van der Waals surface area contributed by atoms with Gasteiger partial charge in [0.15, 0.2) is 15.0 Å². The minimum absolute atomic E-state index is 0.467. The molecule has 0 spiro atoms. The fourth-order valence-electron chi connectivity index (χ4n) is 2.66. The van der Waals surface area contributed by atoms with Gasteiger partial charge in [0.2, 0.25) is 0 Å². The molecule has 1 fully saturated rings. The summed E-state index contributed by atoms with van der Waals surface area (Å²) < 4.78 is 64.6. The zero-order valence-corrected chi connectivity index (χ0v) is 15.7. The first-order valence-electron chi connectivity index (χ1n) is 7.99. The molecule has 1 aliphatic heterocycles. The highest BCUT2D eigenvalue weighted by Crippen LogP contribution is 2.33. The molecule has 1 heterocycles. The molecule has 3 rings (SSSR count). The minimum atomic E-state index is -6.09. The molecule has 2 aromatic rings. The van der Waals surface area contributed by atoms with Gasteiger partial charge in [0, 0.05) is 21.7 Å². The van der Waals surface area contributed by atoms with Crippen molar-refractivity contribution in [1.82, 2.24) is 0 Å². The zero-order valence-electron chi connectivity index (χ0n) is 14.1. The fourth-order valence-corrected chi connectivity index (χ4v) is 5.17. The largest absolute Gasteiger partial charge is 0.741 e. The third kappa shape index (κ3) is 5.05. The molecule has 0 amide bonds. The van der Waals surface area contributed by atoms with Gasteiger partial charge in [-0.1, -0.05) is 18.2 Å². The van der Waals surface area contributed by atoms with Crippen LogP contribution in [0.15, 0.2) is 41.3 Å². The molecule has 4 nitrogen and oxygen atoms in total. The lowest BCUT2D eigenvalue weighted by Gasteiger charge is -2.09. The van der Waals surface area contributed by atoms with Crippen LogP contribution in [0.4, 0.5) is 13.2 Å². The number of ether oxygens (including phenoxy) is 1. The highest BCUT2D eigenvalue weighted by atomic mass is 32.2. The van der Waals surface area contributed by atoms with Crippen LogP contribution >= 0.6 is 0 Å². The van der Waals surface area contributed by atoms with Crippen LogP contribution in [0.5, 0.6) is 5.75 Å². The summed E-state index contributed by atoms with van der Waals surface area (Å²) in [5.74, 6) is 3.77. The Balaban J connectivity index is 0.000000260. The summed E-state index contributed by atoms with van der Waals surface area (Å²) in [5.41, 5.74) is -5.65. The summed E-state index contributed by atoms with van der Waals surface area (Å²) in [5, 5.41) is 2.67. The number of fused-ring (bicyclic) bond motifs is 1. The maximum Gasteiger partial charge on any atom is 0.485 e. The molecule has 26 heavy (non-hydrogen) atoms. The zero-order chi connectivity index (χ0) is 19.4. The van der Waals surface area contributed by atoms with Gasteiger partial charge in [-0.15, -0.1) is 0 Å². The van der Waals surface area contributed by atoms with Gasteiger partial charge >= 0.3 is 5.51 Å². The normalized spacial score (nSPS) is 15.6. The standard InChI is InChI=1S/C16H19OS.CHF3O3S/c1-2-17-15-9-5-8-14-13(15)7-6-10-16(14)18-11-3-4-12-18;2-1(3,4)8(5,6)7/h5-10H,2-4,11-12H2,1H3;(H,5,6,7)/q+1;/p-1. The predicted molar refractivity (Wildman–Crippen MR) is 95.5 cm³/mol. The van der Waals surface area contributed by atoms with Crippen molar-refractivity contribution in [2.75, 3.05) is 18.1 Å². The van der Waals surface area contributed by atoms with E-state index < -0.39 is 15.6 Å². The Hall–Kier alpha value is -1.45. The third-order valence-electron chi connectivity index (χ3n) is 3.77. The molecule has 2 aromatic carbocycles. The number of halogens is 3. The summed E-state index contributed by atoms with van der Waals surface area (Å²) >= 11 is 0. The number of hydrogen-bond donors (Lipinski definition) is 0. The van der Waals surface area contributed by atoms with Crippen LogP contribution in [0.3, 0.4) is 0 Å². The summed E-state index contributed by atoms with van der Waals surface area (Å²) in [4.78, 5) is 1.55. The van der Waals surface area contributed by atoms with Crippen molar-refractivity contribution in [2.24, 2.45) is 0 Å². The van der Waals surface area contributed by atoms with Crippen molar-refractivity contribution in [3.05, 3.63) is 36.4 Å². The summed E-state index contributed by atoms with van der Waals surface area (Å²) in [6.45, 7) is 2.77. The highest BCUT2D eigenvalue weighted by molar-refractivity contribution is 7.97. The third-order valence-corrected chi connectivity index (χ3v) is 6.88. The van der Waals surface area contributed by atoms with E-state index in [1.165, 1.54) is 35.1 Å². The molecule has 0 unspecified atom stereocenters. The lowest BCUT2D eigenvalue weighted by Crippen LogP contribution is -2.21. The van der Waals surface area contributed by atoms with Crippen molar-refractivity contribution in [2.45, 2.75) is 30.2 Å². The molecule has 0 atom stereocenters. The second-order valence-corrected chi connectivity index (χ2v) is 9.16. The van der Waals surface area contributed by atoms with Crippen molar-refractivity contribution < 1.29 is 30.9 Å². The highest BCUT2D eigenvalue weighted by Gasteiger charge is 2.37. The molecule has 0 aromatic heterocycles. The second-order valence-electron chi connectivity index (χ2n) is 5.55. The first-order chi connectivity index (χ1) is 12.1. The molecule has 144 valence electrons. The van der Waals surface area contributed by atoms with Gasteiger partial charge in [-0.25, -0.2) is 8.42 Å². The predicted octanol–water partition coefficient (Wildman–Crippen LogP) is 4.06. The Labute approximate surface area is 153 Å². The van der Waals surface area contributed by atoms with Gasteiger partial charge in [0.1, 0.15) is 17.3 Å². The first-order valence-corrected chi connectivity index (χ1v) is 11.0. The van der Waals surface area contributed by atoms with Crippen LogP contribution in [-0.4, -0.2) is 36.6 Å². The summed E-state index contributed by atoms with van der Waals surface area (Å²) in [6.07, 6.45) is 2.79. The SMILES string of the molecule is CCOc1cccc2c([S+]3CCCC3)cccc12.O=S(=O)([O-])C(F)(F)F. The lowest BCUT2D eigenvalue weighted by atomic mass is 10.1. The fraction of sp³-hybridized carbons (Fsp3) is 0.412. The Kier molecular flexibility index (Phi) is 6.81. The molecule has 0 radical (unpaired) electrons. The average molecular weight is 408 g/mol. The van der Waals surface area contributed by atoms with Crippen LogP contribution in [0.25, 0.3) is 10.8 Å². The smallest absolute Gasteiger partial charge is 0.485 e. The van der Waals surface area contributed by atoms with Crippen molar-refractivity contribution in [3.63, 3.8) is 0 Å². The lowest BCUT2D eigenvalue weighted by molar-refractivity contribution is -0.0517. The molecule has 1 aliphatic rings. The molecular formula is C17H19F3O4S2. The van der Waals surface area contributed by atoms with Crippen molar-refractivity contribution in [1.29, 1.82) is 0 Å². The van der Waals surface area contributed by atoms with E-state index >= 15 is 0 Å². The van der Waals surface area contributed by atoms with E-state index in [1.807, 2.05) is 6.92 Å². The number of hydrogen-bond acceptors (Lipinski definition) is 4. The quantitative estimate of drug-likeness (QED) is 0.436. The maximum atomic E-state index is 10.7. The van der Waals surface area contributed by atoms with E-state index in [9.17, 15) is 13.2 Å². The van der Waals surface area contributed by atoms with Crippen LogP contribution in [0.2, 0.25) is 0 Å². The van der Waals surface area contributed by atoms with Crippen LogP contribution in [0.1, 0.15) is 19.8 Å². The average Bonchev–Trinajstić information content (AvgIpc) is 3.08. The molecule has 0 N–H and O–H groups in total. The summed E-state index contributed by atoms with van der Waals surface area (Å²) in [6, 6.07) is 13.1. The Bertz CT molecular complexity index is 845. The number of alkyl halides is 3. The molecule has 1 saturated heterocycles. The van der Waals surface area contributed by atoms with Gasteiger partial charge < -0.3 is 9.29 Å². The van der Waals surface area contributed by atoms with Gasteiger partial charge in [-0.05, 0) is 38.0 Å². The molecule has 0 saturated carbocycles. The number of rotatable bonds is 3. The van der Waals surface area contributed by atoms with Crippen LogP contribution < -0.4 is 4.74 Å². The van der Waals surface area contributed by atoms with E-state index in [1.54, 1.807) is 4.90 Å². The van der Waals surface area contributed by atoms with E-state index in [0.29, 0.717) is 10.9 Å². The van der Waals surface area contributed by atoms with Gasteiger partial charge in [0.05, 0.1) is 6.61 Å². The van der Waals surface area contributed by atoms with Crippen LogP contribution in [0, 0.1) is 0 Å². The molecule has 0 bridgehead atoms. The van der Waals surface area contributed by atoms with Gasteiger partial charge in [-0.2, -0.15) is 13.2 Å². The van der Waals surface area contributed by atoms with Crippen molar-refractivity contribution in [3.8, 4) is 5.75 Å². The van der Waals surface area contributed by atoms with Gasteiger partial charge in [-0.3, -0.25) is 0 Å². The van der Waals surface area contributed by atoms with E-state index in [-0.39, 0.29) is 0 Å². The first kappa shape index (κ1) is 20.9. The molecule has 0 aliphatic carbocycles. The topological polar surface area (TPSA) is 66.4 Å². The van der Waals surface area contributed by atoms with Crippen molar-refractivity contribution >= 4 is 31.8 Å². The number of benzene rings is 2. The van der Waals surface area contributed by atoms with E-state index in [0.717, 1.165) is 12.4 Å². The Morgan fingerprint density at radius 3 is 2.15 bits per heavy atom. The monoisotopic (exact) mass is 408 g/mol. The maximum absolute atomic E-state index is 10.7.